The predicted octanol–water partition coefficient (Wildman–Crippen LogP) is 3.91. The molecule has 3 heterocycles. The van der Waals surface area contributed by atoms with Crippen molar-refractivity contribution in [1.82, 2.24) is 25.1 Å². The van der Waals surface area contributed by atoms with Gasteiger partial charge in [-0.3, -0.25) is 9.59 Å². The molecule has 2 N–H and O–H groups in total. The molecule has 4 rings (SSSR count). The highest BCUT2D eigenvalue weighted by Crippen LogP contribution is 2.26. The molecule has 31 heavy (non-hydrogen) atoms. The van der Waals surface area contributed by atoms with Crippen LogP contribution in [0.4, 0.5) is 0 Å². The van der Waals surface area contributed by atoms with Gasteiger partial charge in [0.2, 0.25) is 5.91 Å². The highest BCUT2D eigenvalue weighted by Gasteiger charge is 2.17. The van der Waals surface area contributed by atoms with E-state index in [1.54, 1.807) is 6.20 Å². The average molecular weight is 436 g/mol. The lowest BCUT2D eigenvalue weighted by Gasteiger charge is -2.14. The highest BCUT2D eigenvalue weighted by atomic mass is 32.1. The van der Waals surface area contributed by atoms with Crippen LogP contribution >= 0.6 is 11.3 Å². The Hall–Kier alpha value is -3.26. The molecule has 8 heteroatoms. The first-order chi connectivity index (χ1) is 14.8. The summed E-state index contributed by atoms with van der Waals surface area (Å²) in [5.74, 6) is 0.440. The molecule has 7 nitrogen and oxygen atoms in total. The van der Waals surface area contributed by atoms with E-state index in [1.807, 2.05) is 62.7 Å². The summed E-state index contributed by atoms with van der Waals surface area (Å²) in [6.07, 6.45) is 2.41. The summed E-state index contributed by atoms with van der Waals surface area (Å²) in [7, 11) is 0. The van der Waals surface area contributed by atoms with Crippen LogP contribution in [0.25, 0.3) is 15.9 Å². The second kappa shape index (κ2) is 8.47. The van der Waals surface area contributed by atoms with E-state index in [0.717, 1.165) is 32.2 Å². The minimum Gasteiger partial charge on any atom is -0.349 e. The predicted molar refractivity (Wildman–Crippen MR) is 123 cm³/mol. The third-order valence-electron chi connectivity index (χ3n) is 5.57. The van der Waals surface area contributed by atoms with Gasteiger partial charge in [-0.05, 0) is 45.4 Å². The van der Waals surface area contributed by atoms with E-state index >= 15 is 0 Å². The van der Waals surface area contributed by atoms with E-state index in [9.17, 15) is 9.59 Å². The van der Waals surface area contributed by atoms with Crippen LogP contribution in [0.3, 0.4) is 0 Å². The zero-order chi connectivity index (χ0) is 22.1. The van der Waals surface area contributed by atoms with Crippen molar-refractivity contribution in [3.05, 3.63) is 74.4 Å². The number of nitrogens with one attached hydrogen (secondary N) is 2. The second-order valence-corrected chi connectivity index (χ2v) is 8.90. The molecule has 0 fully saturated rings. The van der Waals surface area contributed by atoms with Crippen LogP contribution in [-0.2, 0) is 11.2 Å². The first-order valence-corrected chi connectivity index (χ1v) is 11.0. The van der Waals surface area contributed by atoms with E-state index in [2.05, 4.69) is 20.4 Å². The molecule has 1 amide bonds. The second-order valence-electron chi connectivity index (χ2n) is 7.70. The molecule has 0 radical (unpaired) electrons. The molecule has 0 bridgehead atoms. The van der Waals surface area contributed by atoms with Gasteiger partial charge in [0.15, 0.2) is 0 Å². The SMILES string of the molecule is Cc1sc2nc(CCC(=O)NC(C)c3cnn(-c4ccccc4)c3C)[nH]c(=O)c2c1C. The lowest BCUT2D eigenvalue weighted by molar-refractivity contribution is -0.121. The summed E-state index contributed by atoms with van der Waals surface area (Å²) in [5, 5.41) is 8.15. The molecule has 3 aromatic heterocycles. The summed E-state index contributed by atoms with van der Waals surface area (Å²) in [4.78, 5) is 34.1. The van der Waals surface area contributed by atoms with Crippen LogP contribution in [-0.4, -0.2) is 25.7 Å². The smallest absolute Gasteiger partial charge is 0.259 e. The van der Waals surface area contributed by atoms with Gasteiger partial charge in [-0.1, -0.05) is 18.2 Å². The minimum atomic E-state index is -0.179. The maximum absolute atomic E-state index is 12.5. The van der Waals surface area contributed by atoms with Crippen molar-refractivity contribution < 1.29 is 4.79 Å². The number of nitrogens with zero attached hydrogens (tertiary/aromatic N) is 3. The number of carbonyl (C=O) groups is 1. The number of fused-ring (bicyclic) bond motifs is 1. The van der Waals surface area contributed by atoms with E-state index in [-0.39, 0.29) is 23.9 Å². The Bertz CT molecular complexity index is 1300. The molecule has 0 saturated heterocycles. The van der Waals surface area contributed by atoms with Gasteiger partial charge < -0.3 is 10.3 Å². The molecule has 1 atom stereocenters. The number of amides is 1. The zero-order valence-electron chi connectivity index (χ0n) is 18.0. The number of rotatable bonds is 6. The molecule has 0 spiro atoms. The normalized spacial score (nSPS) is 12.3. The van der Waals surface area contributed by atoms with Gasteiger partial charge in [-0.2, -0.15) is 5.10 Å². The average Bonchev–Trinajstić information content (AvgIpc) is 3.26. The number of H-pyrrole nitrogens is 1. The summed E-state index contributed by atoms with van der Waals surface area (Å²) >= 11 is 1.51. The summed E-state index contributed by atoms with van der Waals surface area (Å²) < 4.78 is 1.87. The lowest BCUT2D eigenvalue weighted by atomic mass is 10.1. The molecule has 1 unspecified atom stereocenters. The third kappa shape index (κ3) is 4.16. The Kier molecular flexibility index (Phi) is 5.73. The van der Waals surface area contributed by atoms with Gasteiger partial charge >= 0.3 is 0 Å². The van der Waals surface area contributed by atoms with Gasteiger partial charge in [0.05, 0.1) is 23.3 Å². The van der Waals surface area contributed by atoms with Crippen molar-refractivity contribution in [3.8, 4) is 5.69 Å². The minimum absolute atomic E-state index is 0.0966. The quantitative estimate of drug-likeness (QED) is 0.480. The number of hydrogen-bond acceptors (Lipinski definition) is 5. The first-order valence-electron chi connectivity index (χ1n) is 10.2. The van der Waals surface area contributed by atoms with Crippen LogP contribution in [0.1, 0.15) is 46.9 Å². The molecule has 160 valence electrons. The molecule has 0 aliphatic carbocycles. The van der Waals surface area contributed by atoms with Gasteiger partial charge in [-0.25, -0.2) is 9.67 Å². The zero-order valence-corrected chi connectivity index (χ0v) is 18.8. The van der Waals surface area contributed by atoms with E-state index < -0.39 is 0 Å². The van der Waals surface area contributed by atoms with Crippen LogP contribution in [0.5, 0.6) is 0 Å². The fraction of sp³-hybridized carbons (Fsp3) is 0.304. The van der Waals surface area contributed by atoms with Crippen molar-refractivity contribution in [3.63, 3.8) is 0 Å². The van der Waals surface area contributed by atoms with Gasteiger partial charge in [0.1, 0.15) is 10.7 Å². The Morgan fingerprint density at radius 2 is 1.97 bits per heavy atom. The number of carbonyl (C=O) groups excluding carboxylic acids is 1. The third-order valence-corrected chi connectivity index (χ3v) is 6.67. The molecular weight excluding hydrogens is 410 g/mol. The number of thiophene rings is 1. The van der Waals surface area contributed by atoms with Gasteiger partial charge in [-0.15, -0.1) is 11.3 Å². The largest absolute Gasteiger partial charge is 0.349 e. The van der Waals surface area contributed by atoms with E-state index in [0.29, 0.717) is 17.6 Å². The summed E-state index contributed by atoms with van der Waals surface area (Å²) in [6, 6.07) is 9.71. The Morgan fingerprint density at radius 1 is 1.23 bits per heavy atom. The van der Waals surface area contributed by atoms with Crippen LogP contribution < -0.4 is 10.9 Å². The topological polar surface area (TPSA) is 92.7 Å². The van der Waals surface area contributed by atoms with Crippen LogP contribution in [0.15, 0.2) is 41.3 Å². The lowest BCUT2D eigenvalue weighted by Crippen LogP contribution is -2.27. The Balaban J connectivity index is 1.42. The Morgan fingerprint density at radius 3 is 2.71 bits per heavy atom. The maximum atomic E-state index is 12.5. The Labute approximate surface area is 184 Å². The van der Waals surface area contributed by atoms with E-state index in [4.69, 9.17) is 0 Å². The maximum Gasteiger partial charge on any atom is 0.259 e. The molecule has 0 aliphatic heterocycles. The van der Waals surface area contributed by atoms with Gasteiger partial charge in [0, 0.05) is 29.0 Å². The van der Waals surface area contributed by atoms with Crippen molar-refractivity contribution >= 4 is 27.5 Å². The monoisotopic (exact) mass is 435 g/mol. The number of benzene rings is 1. The number of aromatic nitrogens is 4. The summed E-state index contributed by atoms with van der Waals surface area (Å²) in [5.41, 5.74) is 3.76. The molecule has 0 saturated carbocycles. The van der Waals surface area contributed by atoms with Crippen molar-refractivity contribution in [2.45, 2.75) is 46.6 Å². The molecule has 0 aliphatic rings. The molecular formula is C23H25N5O2S. The van der Waals surface area contributed by atoms with Crippen LogP contribution in [0, 0.1) is 20.8 Å². The van der Waals surface area contributed by atoms with Crippen molar-refractivity contribution in [1.29, 1.82) is 0 Å². The summed E-state index contributed by atoms with van der Waals surface area (Å²) in [6.45, 7) is 7.85. The number of aryl methyl sites for hydroxylation is 3. The fourth-order valence-corrected chi connectivity index (χ4v) is 4.77. The van der Waals surface area contributed by atoms with Gasteiger partial charge in [0.25, 0.3) is 5.56 Å². The van der Waals surface area contributed by atoms with Crippen molar-refractivity contribution in [2.24, 2.45) is 0 Å². The number of para-hydroxylation sites is 1. The molecule has 1 aromatic carbocycles. The number of hydrogen-bond donors (Lipinski definition) is 2. The first kappa shape index (κ1) is 21.0. The standard InChI is InChI=1S/C23H25N5O2S/c1-13-16(4)31-23-21(13)22(30)26-19(27-23)10-11-20(29)25-14(2)18-12-24-28(15(18)3)17-8-6-5-7-9-17/h5-9,12,14H,10-11H2,1-4H3,(H,25,29)(H,26,27,30). The number of aromatic amines is 1. The van der Waals surface area contributed by atoms with E-state index in [1.165, 1.54) is 11.3 Å². The van der Waals surface area contributed by atoms with Crippen molar-refractivity contribution in [2.75, 3.05) is 0 Å². The fourth-order valence-electron chi connectivity index (χ4n) is 3.72. The van der Waals surface area contributed by atoms with Crippen LogP contribution in [0.2, 0.25) is 0 Å². The molecule has 4 aromatic rings. The highest BCUT2D eigenvalue weighted by molar-refractivity contribution is 7.18.